The molecule has 3 N–H and O–H groups in total. The summed E-state index contributed by atoms with van der Waals surface area (Å²) >= 11 is 5.74. The van der Waals surface area contributed by atoms with Gasteiger partial charge in [-0.05, 0) is 25.0 Å². The van der Waals surface area contributed by atoms with Crippen LogP contribution in [-0.2, 0) is 4.74 Å². The Morgan fingerprint density at radius 1 is 1.53 bits per heavy atom. The standard InChI is InChI=1S/C13H16ClN3O2/c14-7-3-4-9(16-6-7)13(18)17-11-10(15)8-2-1-5-19-12(8)11/h3-4,6,8,10-12H,1-2,5,15H2,(H,17,18). The number of ether oxygens (including phenoxy) is 1. The Balaban J connectivity index is 1.65. The van der Waals surface area contributed by atoms with Crippen LogP contribution >= 0.6 is 11.6 Å². The summed E-state index contributed by atoms with van der Waals surface area (Å²) in [4.78, 5) is 16.0. The number of nitrogens with one attached hydrogen (secondary N) is 1. The fourth-order valence-corrected chi connectivity index (χ4v) is 2.97. The summed E-state index contributed by atoms with van der Waals surface area (Å²) in [5.41, 5.74) is 6.43. The van der Waals surface area contributed by atoms with Crippen molar-refractivity contribution < 1.29 is 9.53 Å². The van der Waals surface area contributed by atoms with Crippen LogP contribution in [-0.4, -0.2) is 35.7 Å². The van der Waals surface area contributed by atoms with E-state index in [0.717, 1.165) is 19.4 Å². The molecule has 1 saturated carbocycles. The summed E-state index contributed by atoms with van der Waals surface area (Å²) < 4.78 is 5.68. The monoisotopic (exact) mass is 281 g/mol. The number of hydrogen-bond acceptors (Lipinski definition) is 4. The first-order valence-corrected chi connectivity index (χ1v) is 6.84. The minimum atomic E-state index is -0.232. The SMILES string of the molecule is NC1C2CCCOC2C1NC(=O)c1ccc(Cl)cn1. The van der Waals surface area contributed by atoms with Crippen LogP contribution < -0.4 is 11.1 Å². The van der Waals surface area contributed by atoms with Crippen molar-refractivity contribution in [3.05, 3.63) is 29.0 Å². The van der Waals surface area contributed by atoms with Crippen LogP contribution in [0.5, 0.6) is 0 Å². The normalized spacial score (nSPS) is 33.2. The van der Waals surface area contributed by atoms with Crippen molar-refractivity contribution in [2.75, 3.05) is 6.61 Å². The molecule has 2 aliphatic rings. The number of nitrogens with zero attached hydrogens (tertiary/aromatic N) is 1. The fourth-order valence-electron chi connectivity index (χ4n) is 2.86. The van der Waals surface area contributed by atoms with E-state index >= 15 is 0 Å². The summed E-state index contributed by atoms with van der Waals surface area (Å²) in [6, 6.07) is 3.10. The zero-order chi connectivity index (χ0) is 13.4. The highest BCUT2D eigenvalue weighted by molar-refractivity contribution is 6.30. The maximum absolute atomic E-state index is 12.1. The van der Waals surface area contributed by atoms with Gasteiger partial charge in [0.05, 0.1) is 17.2 Å². The Morgan fingerprint density at radius 3 is 3.11 bits per heavy atom. The second-order valence-electron chi connectivity index (χ2n) is 5.08. The molecule has 19 heavy (non-hydrogen) atoms. The molecule has 1 aromatic rings. The van der Waals surface area contributed by atoms with E-state index in [9.17, 15) is 4.79 Å². The molecule has 0 radical (unpaired) electrons. The molecule has 1 aliphatic carbocycles. The third-order valence-electron chi connectivity index (χ3n) is 3.93. The second kappa shape index (κ2) is 5.07. The van der Waals surface area contributed by atoms with E-state index in [-0.39, 0.29) is 24.1 Å². The highest BCUT2D eigenvalue weighted by Crippen LogP contribution is 2.37. The first kappa shape index (κ1) is 12.8. The second-order valence-corrected chi connectivity index (χ2v) is 5.52. The molecular weight excluding hydrogens is 266 g/mol. The predicted molar refractivity (Wildman–Crippen MR) is 70.9 cm³/mol. The highest BCUT2D eigenvalue weighted by Gasteiger charge is 2.51. The average molecular weight is 282 g/mol. The Hall–Kier alpha value is -1.17. The number of aromatic nitrogens is 1. The maximum atomic E-state index is 12.1. The quantitative estimate of drug-likeness (QED) is 0.847. The van der Waals surface area contributed by atoms with Gasteiger partial charge in [0.15, 0.2) is 0 Å². The third kappa shape index (κ3) is 2.33. The molecule has 2 heterocycles. The average Bonchev–Trinajstić information content (AvgIpc) is 2.45. The van der Waals surface area contributed by atoms with E-state index in [4.69, 9.17) is 22.1 Å². The third-order valence-corrected chi connectivity index (χ3v) is 4.16. The van der Waals surface area contributed by atoms with Gasteiger partial charge >= 0.3 is 0 Å². The van der Waals surface area contributed by atoms with Gasteiger partial charge in [-0.2, -0.15) is 0 Å². The van der Waals surface area contributed by atoms with E-state index in [1.54, 1.807) is 12.1 Å². The Bertz CT molecular complexity index is 479. The molecule has 1 aromatic heterocycles. The lowest BCUT2D eigenvalue weighted by Gasteiger charge is -2.52. The van der Waals surface area contributed by atoms with E-state index in [2.05, 4.69) is 10.3 Å². The van der Waals surface area contributed by atoms with Gasteiger partial charge in [-0.25, -0.2) is 4.98 Å². The number of hydrogen-bond donors (Lipinski definition) is 2. The van der Waals surface area contributed by atoms with Crippen molar-refractivity contribution in [1.82, 2.24) is 10.3 Å². The molecule has 4 atom stereocenters. The number of carbonyl (C=O) groups excluding carboxylic acids is 1. The molecule has 6 heteroatoms. The van der Waals surface area contributed by atoms with Gasteiger partial charge in [0.1, 0.15) is 5.69 Å². The van der Waals surface area contributed by atoms with Crippen LogP contribution in [0.25, 0.3) is 0 Å². The lowest BCUT2D eigenvalue weighted by atomic mass is 9.68. The summed E-state index contributed by atoms with van der Waals surface area (Å²) in [5.74, 6) is 0.141. The molecular formula is C13H16ClN3O2. The van der Waals surface area contributed by atoms with Crippen LogP contribution in [0.15, 0.2) is 18.3 Å². The van der Waals surface area contributed by atoms with Crippen molar-refractivity contribution in [1.29, 1.82) is 0 Å². The number of nitrogens with two attached hydrogens (primary N) is 1. The number of halogens is 1. The molecule has 1 saturated heterocycles. The van der Waals surface area contributed by atoms with Crippen molar-refractivity contribution in [3.8, 4) is 0 Å². The number of fused-ring (bicyclic) bond motifs is 1. The van der Waals surface area contributed by atoms with Gasteiger partial charge in [0.2, 0.25) is 0 Å². The minimum Gasteiger partial charge on any atom is -0.376 e. The summed E-state index contributed by atoms with van der Waals surface area (Å²) in [5, 5.41) is 3.41. The molecule has 0 aromatic carbocycles. The van der Waals surface area contributed by atoms with Gasteiger partial charge in [-0.3, -0.25) is 4.79 Å². The summed E-state index contributed by atoms with van der Waals surface area (Å²) in [6.45, 7) is 0.749. The summed E-state index contributed by atoms with van der Waals surface area (Å²) in [6.07, 6.45) is 3.64. The van der Waals surface area contributed by atoms with Crippen LogP contribution in [0.2, 0.25) is 5.02 Å². The lowest BCUT2D eigenvalue weighted by Crippen LogP contribution is -2.72. The van der Waals surface area contributed by atoms with E-state index < -0.39 is 0 Å². The Kier molecular flexibility index (Phi) is 3.43. The first-order chi connectivity index (χ1) is 9.16. The zero-order valence-corrected chi connectivity index (χ0v) is 11.1. The Morgan fingerprint density at radius 2 is 2.37 bits per heavy atom. The number of carbonyl (C=O) groups is 1. The van der Waals surface area contributed by atoms with Crippen molar-refractivity contribution >= 4 is 17.5 Å². The molecule has 1 amide bonds. The van der Waals surface area contributed by atoms with Gasteiger partial charge < -0.3 is 15.8 Å². The van der Waals surface area contributed by atoms with E-state index in [1.165, 1.54) is 6.20 Å². The molecule has 0 spiro atoms. The number of pyridine rings is 1. The van der Waals surface area contributed by atoms with Crippen molar-refractivity contribution in [2.24, 2.45) is 11.7 Å². The molecule has 102 valence electrons. The van der Waals surface area contributed by atoms with E-state index in [0.29, 0.717) is 16.6 Å². The minimum absolute atomic E-state index is 0.0263. The number of amides is 1. The fraction of sp³-hybridized carbons (Fsp3) is 0.538. The van der Waals surface area contributed by atoms with Gasteiger partial charge in [0, 0.05) is 24.8 Å². The number of rotatable bonds is 2. The Labute approximate surface area is 116 Å². The van der Waals surface area contributed by atoms with Gasteiger partial charge in [-0.1, -0.05) is 11.6 Å². The zero-order valence-electron chi connectivity index (χ0n) is 10.4. The summed E-state index contributed by atoms with van der Waals surface area (Å²) in [7, 11) is 0. The maximum Gasteiger partial charge on any atom is 0.270 e. The first-order valence-electron chi connectivity index (χ1n) is 6.46. The molecule has 2 fully saturated rings. The topological polar surface area (TPSA) is 77.2 Å². The molecule has 5 nitrogen and oxygen atoms in total. The molecule has 1 aliphatic heterocycles. The van der Waals surface area contributed by atoms with Gasteiger partial charge in [-0.15, -0.1) is 0 Å². The molecule has 3 rings (SSSR count). The molecule has 4 unspecified atom stereocenters. The van der Waals surface area contributed by atoms with Crippen LogP contribution in [0.3, 0.4) is 0 Å². The van der Waals surface area contributed by atoms with Gasteiger partial charge in [0.25, 0.3) is 5.91 Å². The van der Waals surface area contributed by atoms with Crippen LogP contribution in [0.4, 0.5) is 0 Å². The van der Waals surface area contributed by atoms with Crippen LogP contribution in [0, 0.1) is 5.92 Å². The van der Waals surface area contributed by atoms with Crippen molar-refractivity contribution in [2.45, 2.75) is 31.0 Å². The predicted octanol–water partition coefficient (Wildman–Crippen LogP) is 0.970. The highest BCUT2D eigenvalue weighted by atomic mass is 35.5. The van der Waals surface area contributed by atoms with E-state index in [1.807, 2.05) is 0 Å². The lowest BCUT2D eigenvalue weighted by molar-refractivity contribution is -0.117. The smallest absolute Gasteiger partial charge is 0.270 e. The van der Waals surface area contributed by atoms with Crippen molar-refractivity contribution in [3.63, 3.8) is 0 Å². The largest absolute Gasteiger partial charge is 0.376 e. The van der Waals surface area contributed by atoms with Crippen LogP contribution in [0.1, 0.15) is 23.3 Å². The molecule has 0 bridgehead atoms.